The van der Waals surface area contributed by atoms with Crippen LogP contribution in [0, 0.1) is 0 Å². The molecule has 0 atom stereocenters. The van der Waals surface area contributed by atoms with Gasteiger partial charge in [0.1, 0.15) is 5.75 Å². The molecule has 0 radical (unpaired) electrons. The Morgan fingerprint density at radius 3 is 1.67 bits per heavy atom. The third kappa shape index (κ3) is 4.30. The number of sulfonamides is 2. The first-order valence-electron chi connectivity index (χ1n) is 6.14. The minimum Gasteiger partial charge on any atom is -0.378 e. The summed E-state index contributed by atoms with van der Waals surface area (Å²) in [6.45, 7) is 0. The van der Waals surface area contributed by atoms with E-state index >= 15 is 0 Å². The van der Waals surface area contributed by atoms with E-state index in [0.29, 0.717) is 12.1 Å². The van der Waals surface area contributed by atoms with Crippen LogP contribution in [0.4, 0.5) is 26.3 Å². The predicted molar refractivity (Wildman–Crippen MR) is 77.7 cm³/mol. The molecule has 0 amide bonds. The molecule has 0 aliphatic heterocycles. The Morgan fingerprint density at radius 2 is 1.26 bits per heavy atom. The molecule has 1 rings (SSSR count). The van der Waals surface area contributed by atoms with Crippen molar-refractivity contribution in [2.75, 3.05) is 6.26 Å². The van der Waals surface area contributed by atoms with E-state index < -0.39 is 52.3 Å². The maximum Gasteiger partial charge on any atom is 0.450 e. The van der Waals surface area contributed by atoms with E-state index in [1.165, 1.54) is 6.07 Å². The third-order valence-corrected chi connectivity index (χ3v) is 6.91. The molecule has 156 valence electrons. The third-order valence-electron chi connectivity index (χ3n) is 2.59. The molecule has 27 heavy (non-hydrogen) atoms. The number of rotatable bonds is 8. The highest BCUT2D eigenvalue weighted by Crippen LogP contribution is 2.51. The molecular weight excluding hydrogens is 456 g/mol. The fourth-order valence-electron chi connectivity index (χ4n) is 1.40. The average molecular weight is 465 g/mol. The van der Waals surface area contributed by atoms with Crippen molar-refractivity contribution in [3.05, 3.63) is 30.3 Å². The molecule has 0 saturated carbocycles. The number of halogens is 6. The van der Waals surface area contributed by atoms with Gasteiger partial charge in [0, 0.05) is 0 Å². The molecule has 8 nitrogen and oxygen atoms in total. The number of hydrogen-bond donors (Lipinski definition) is 1. The molecule has 1 aromatic rings. The van der Waals surface area contributed by atoms with Gasteiger partial charge in [-0.1, -0.05) is 18.2 Å². The summed E-state index contributed by atoms with van der Waals surface area (Å²) in [5, 5.41) is -13.7. The van der Waals surface area contributed by atoms with Gasteiger partial charge < -0.3 is 4.18 Å². The fourth-order valence-corrected chi connectivity index (χ4v) is 4.86. The van der Waals surface area contributed by atoms with Crippen molar-refractivity contribution >= 4 is 30.2 Å². The molecule has 0 aromatic heterocycles. The van der Waals surface area contributed by atoms with Crippen molar-refractivity contribution in [3.8, 4) is 5.75 Å². The SMILES string of the molecule is CS(=O)(=O)NS(=O)(=O)C(F)(F)C(F)(F)C(F)(F)S(=O)(=O)Oc1ccccc1. The normalized spacial score (nSPS) is 14.8. The largest absolute Gasteiger partial charge is 0.450 e. The quantitative estimate of drug-likeness (QED) is 0.450. The van der Waals surface area contributed by atoms with Gasteiger partial charge in [0.05, 0.1) is 6.26 Å². The second-order valence-corrected chi connectivity index (χ2v) is 10.1. The lowest BCUT2D eigenvalue weighted by molar-refractivity contribution is -0.245. The van der Waals surface area contributed by atoms with Gasteiger partial charge in [-0.3, -0.25) is 0 Å². The number of nitrogens with one attached hydrogen (secondary N) is 1. The van der Waals surface area contributed by atoms with Crippen molar-refractivity contribution in [3.63, 3.8) is 0 Å². The maximum atomic E-state index is 13.7. The Morgan fingerprint density at radius 1 is 0.815 bits per heavy atom. The lowest BCUT2D eigenvalue weighted by Gasteiger charge is -2.30. The van der Waals surface area contributed by atoms with Gasteiger partial charge in [0.25, 0.3) is 10.0 Å². The number of para-hydroxylation sites is 1. The summed E-state index contributed by atoms with van der Waals surface area (Å²) < 4.78 is 152. The topological polar surface area (TPSA) is 124 Å². The molecule has 0 unspecified atom stereocenters. The minimum absolute atomic E-state index is 0.0494. The Labute approximate surface area is 149 Å². The Bertz CT molecular complexity index is 1010. The molecular formula is C10H9F6NO7S3. The van der Waals surface area contributed by atoms with Crippen LogP contribution in [0.25, 0.3) is 0 Å². The van der Waals surface area contributed by atoms with Crippen molar-refractivity contribution < 1.29 is 55.8 Å². The van der Waals surface area contributed by atoms with Crippen molar-refractivity contribution in [1.29, 1.82) is 0 Å². The number of alkyl halides is 6. The molecule has 17 heteroatoms. The first kappa shape index (κ1) is 23.4. The van der Waals surface area contributed by atoms with Gasteiger partial charge in [-0.25, -0.2) is 16.8 Å². The van der Waals surface area contributed by atoms with Crippen molar-refractivity contribution in [2.24, 2.45) is 0 Å². The monoisotopic (exact) mass is 465 g/mol. The summed E-state index contributed by atoms with van der Waals surface area (Å²) in [5.41, 5.74) is 0. The zero-order valence-corrected chi connectivity index (χ0v) is 15.2. The predicted octanol–water partition coefficient (Wildman–Crippen LogP) is 1.10. The smallest absolute Gasteiger partial charge is 0.378 e. The number of hydrogen-bond acceptors (Lipinski definition) is 7. The fraction of sp³-hybridized carbons (Fsp3) is 0.400. The summed E-state index contributed by atoms with van der Waals surface area (Å²) in [4.78, 5) is 0. The maximum absolute atomic E-state index is 13.7. The molecule has 0 heterocycles. The van der Waals surface area contributed by atoms with E-state index in [1.807, 2.05) is 0 Å². The Kier molecular flexibility index (Phi) is 5.89. The van der Waals surface area contributed by atoms with Crippen LogP contribution in [0.1, 0.15) is 0 Å². The van der Waals surface area contributed by atoms with E-state index in [9.17, 15) is 51.6 Å². The van der Waals surface area contributed by atoms with Crippen molar-refractivity contribution in [2.45, 2.75) is 16.4 Å². The molecule has 0 fully saturated rings. The minimum atomic E-state index is -7.13. The van der Waals surface area contributed by atoms with Crippen LogP contribution in [0.2, 0.25) is 0 Å². The summed E-state index contributed by atoms with van der Waals surface area (Å²) in [5.74, 6) is -8.10. The van der Waals surface area contributed by atoms with Crippen LogP contribution in [0.15, 0.2) is 30.3 Å². The van der Waals surface area contributed by atoms with E-state index in [1.54, 1.807) is 0 Å². The lowest BCUT2D eigenvalue weighted by Crippen LogP contribution is -2.63. The molecule has 0 bridgehead atoms. The van der Waals surface area contributed by atoms with Crippen LogP contribution in [-0.4, -0.2) is 47.9 Å². The first-order valence-corrected chi connectivity index (χ1v) is 10.9. The zero-order chi connectivity index (χ0) is 21.5. The first-order chi connectivity index (χ1) is 11.8. The van der Waals surface area contributed by atoms with E-state index in [4.69, 9.17) is 0 Å². The lowest BCUT2D eigenvalue weighted by atomic mass is 10.3. The number of benzene rings is 1. The average Bonchev–Trinajstić information content (AvgIpc) is 2.44. The summed E-state index contributed by atoms with van der Waals surface area (Å²) >= 11 is 0. The van der Waals surface area contributed by atoms with Crippen LogP contribution in [-0.2, 0) is 30.2 Å². The summed E-state index contributed by atoms with van der Waals surface area (Å²) in [7, 11) is -19.0. The van der Waals surface area contributed by atoms with E-state index in [-0.39, 0.29) is 10.4 Å². The van der Waals surface area contributed by atoms with Gasteiger partial charge in [0.15, 0.2) is 0 Å². The van der Waals surface area contributed by atoms with Crippen LogP contribution in [0.3, 0.4) is 0 Å². The molecule has 0 saturated heterocycles. The van der Waals surface area contributed by atoms with Gasteiger partial charge in [-0.15, -0.1) is 4.13 Å². The van der Waals surface area contributed by atoms with Gasteiger partial charge >= 0.3 is 26.5 Å². The van der Waals surface area contributed by atoms with E-state index in [0.717, 1.165) is 12.1 Å². The molecule has 0 aliphatic rings. The second-order valence-electron chi connectivity index (χ2n) is 4.82. The zero-order valence-electron chi connectivity index (χ0n) is 12.7. The molecule has 0 spiro atoms. The van der Waals surface area contributed by atoms with Crippen LogP contribution >= 0.6 is 0 Å². The highest BCUT2D eigenvalue weighted by atomic mass is 32.3. The standard InChI is InChI=1S/C10H9F6NO7S3/c1-25(18,19)17-26(20,21)9(13,14)8(11,12)10(15,16)27(22,23)24-7-5-3-2-4-6-7/h2-6,17H,1H3. The Hall–Kier alpha value is -1.59. The van der Waals surface area contributed by atoms with Crippen molar-refractivity contribution in [1.82, 2.24) is 4.13 Å². The molecule has 1 aromatic carbocycles. The van der Waals surface area contributed by atoms with Gasteiger partial charge in [-0.05, 0) is 12.1 Å². The highest BCUT2D eigenvalue weighted by molar-refractivity contribution is 8.04. The molecule has 1 N–H and O–H groups in total. The summed E-state index contributed by atoms with van der Waals surface area (Å²) in [6.07, 6.45) is -0.0494. The van der Waals surface area contributed by atoms with Crippen LogP contribution in [0.5, 0.6) is 5.75 Å². The van der Waals surface area contributed by atoms with E-state index in [2.05, 4.69) is 4.18 Å². The summed E-state index contributed by atoms with van der Waals surface area (Å²) in [6, 6.07) is 4.69. The van der Waals surface area contributed by atoms with Gasteiger partial charge in [-0.2, -0.15) is 34.8 Å². The molecule has 0 aliphatic carbocycles. The van der Waals surface area contributed by atoms with Gasteiger partial charge in [0.2, 0.25) is 10.0 Å². The van der Waals surface area contributed by atoms with Crippen LogP contribution < -0.4 is 8.31 Å². The highest BCUT2D eigenvalue weighted by Gasteiger charge is 2.83. The second kappa shape index (κ2) is 6.78. The Balaban J connectivity index is 3.45.